The number of carbonyl (C=O) groups excluding carboxylic acids is 1. The SMILES string of the molecule is CC(C)Nc1ncc2c(n1)CN(C(=O)NCc1ccc(C(F)(F)F)cc1)CC2. The van der Waals surface area contributed by atoms with Gasteiger partial charge in [-0.05, 0) is 43.5 Å². The predicted molar refractivity (Wildman–Crippen MR) is 98.6 cm³/mol. The Bertz CT molecular complexity index is 836. The second-order valence-corrected chi connectivity index (χ2v) is 6.99. The summed E-state index contributed by atoms with van der Waals surface area (Å²) in [5, 5.41) is 5.89. The first-order valence-corrected chi connectivity index (χ1v) is 9.02. The van der Waals surface area contributed by atoms with Gasteiger partial charge in [-0.15, -0.1) is 0 Å². The number of hydrogen-bond donors (Lipinski definition) is 2. The monoisotopic (exact) mass is 393 g/mol. The molecule has 0 fully saturated rings. The molecule has 2 aromatic rings. The third-order valence-electron chi connectivity index (χ3n) is 4.38. The first-order valence-electron chi connectivity index (χ1n) is 9.02. The Morgan fingerprint density at radius 3 is 2.61 bits per heavy atom. The molecule has 0 unspecified atom stereocenters. The summed E-state index contributed by atoms with van der Waals surface area (Å²) >= 11 is 0. The van der Waals surface area contributed by atoms with Crippen molar-refractivity contribution < 1.29 is 18.0 Å². The van der Waals surface area contributed by atoms with E-state index in [4.69, 9.17) is 0 Å². The Labute approximate surface area is 161 Å². The molecular formula is C19H22F3N5O. The van der Waals surface area contributed by atoms with Gasteiger partial charge in [-0.1, -0.05) is 12.1 Å². The molecule has 0 saturated carbocycles. The van der Waals surface area contributed by atoms with Crippen molar-refractivity contribution in [2.75, 3.05) is 11.9 Å². The smallest absolute Gasteiger partial charge is 0.352 e. The molecule has 1 aromatic heterocycles. The molecule has 2 heterocycles. The Morgan fingerprint density at radius 1 is 1.25 bits per heavy atom. The molecule has 2 N–H and O–H groups in total. The van der Waals surface area contributed by atoms with E-state index in [9.17, 15) is 18.0 Å². The number of anilines is 1. The van der Waals surface area contributed by atoms with E-state index in [1.807, 2.05) is 13.8 Å². The summed E-state index contributed by atoms with van der Waals surface area (Å²) in [5.41, 5.74) is 1.71. The summed E-state index contributed by atoms with van der Waals surface area (Å²) in [5.74, 6) is 0.528. The average Bonchev–Trinajstić information content (AvgIpc) is 2.64. The van der Waals surface area contributed by atoms with Crippen molar-refractivity contribution in [1.29, 1.82) is 0 Å². The molecule has 28 heavy (non-hydrogen) atoms. The van der Waals surface area contributed by atoms with Gasteiger partial charge in [0.05, 0.1) is 17.8 Å². The highest BCUT2D eigenvalue weighted by Crippen LogP contribution is 2.29. The molecule has 3 rings (SSSR count). The number of hydrogen-bond acceptors (Lipinski definition) is 4. The van der Waals surface area contributed by atoms with Crippen molar-refractivity contribution in [2.24, 2.45) is 0 Å². The van der Waals surface area contributed by atoms with Gasteiger partial charge < -0.3 is 15.5 Å². The maximum Gasteiger partial charge on any atom is 0.416 e. The first kappa shape index (κ1) is 19.9. The lowest BCUT2D eigenvalue weighted by Crippen LogP contribution is -2.42. The van der Waals surface area contributed by atoms with Crippen molar-refractivity contribution in [3.63, 3.8) is 0 Å². The summed E-state index contributed by atoms with van der Waals surface area (Å²) in [7, 11) is 0. The zero-order valence-corrected chi connectivity index (χ0v) is 15.7. The van der Waals surface area contributed by atoms with Crippen LogP contribution in [0, 0.1) is 0 Å². The van der Waals surface area contributed by atoms with Crippen LogP contribution in [0.15, 0.2) is 30.5 Å². The minimum Gasteiger partial charge on any atom is -0.352 e. The Balaban J connectivity index is 1.58. The topological polar surface area (TPSA) is 70.2 Å². The van der Waals surface area contributed by atoms with Crippen molar-refractivity contribution in [2.45, 2.75) is 45.6 Å². The fourth-order valence-electron chi connectivity index (χ4n) is 2.91. The van der Waals surface area contributed by atoms with E-state index in [1.54, 1.807) is 11.1 Å². The fourth-order valence-corrected chi connectivity index (χ4v) is 2.91. The molecule has 0 spiro atoms. The van der Waals surface area contributed by atoms with Crippen LogP contribution >= 0.6 is 0 Å². The standard InChI is InChI=1S/C19H22F3N5O/c1-12(2)25-17-23-10-14-7-8-27(11-16(14)26-17)18(28)24-9-13-3-5-15(6-4-13)19(20,21)22/h3-6,10,12H,7-9,11H2,1-2H3,(H,24,28)(H,23,25,26). The largest absolute Gasteiger partial charge is 0.416 e. The average molecular weight is 393 g/mol. The van der Waals surface area contributed by atoms with E-state index in [2.05, 4.69) is 20.6 Å². The first-order chi connectivity index (χ1) is 13.2. The highest BCUT2D eigenvalue weighted by molar-refractivity contribution is 5.74. The molecular weight excluding hydrogens is 371 g/mol. The molecule has 0 saturated heterocycles. The van der Waals surface area contributed by atoms with Gasteiger partial charge in [0.1, 0.15) is 0 Å². The van der Waals surface area contributed by atoms with Gasteiger partial charge in [0.15, 0.2) is 0 Å². The third kappa shape index (κ3) is 4.90. The number of carbonyl (C=O) groups is 1. The van der Waals surface area contributed by atoms with E-state index in [-0.39, 0.29) is 18.6 Å². The second kappa shape index (κ2) is 8.04. The molecule has 0 aliphatic carbocycles. The molecule has 150 valence electrons. The summed E-state index contributed by atoms with van der Waals surface area (Å²) in [6.07, 6.45) is -1.93. The van der Waals surface area contributed by atoms with Gasteiger partial charge in [-0.25, -0.2) is 14.8 Å². The number of benzene rings is 1. The number of fused-ring (bicyclic) bond motifs is 1. The highest BCUT2D eigenvalue weighted by atomic mass is 19.4. The third-order valence-corrected chi connectivity index (χ3v) is 4.38. The van der Waals surface area contributed by atoms with Gasteiger partial charge in [0, 0.05) is 25.3 Å². The van der Waals surface area contributed by atoms with Crippen LogP contribution in [0.1, 0.15) is 36.2 Å². The van der Waals surface area contributed by atoms with Crippen molar-refractivity contribution >= 4 is 12.0 Å². The van der Waals surface area contributed by atoms with E-state index in [1.165, 1.54) is 12.1 Å². The lowest BCUT2D eigenvalue weighted by atomic mass is 10.1. The van der Waals surface area contributed by atoms with Crippen molar-refractivity contribution in [1.82, 2.24) is 20.2 Å². The summed E-state index contributed by atoms with van der Waals surface area (Å²) in [6.45, 7) is 5.04. The molecule has 0 bridgehead atoms. The summed E-state index contributed by atoms with van der Waals surface area (Å²) in [6, 6.07) is 4.68. The van der Waals surface area contributed by atoms with Gasteiger partial charge in [0.2, 0.25) is 5.95 Å². The maximum absolute atomic E-state index is 12.6. The zero-order valence-electron chi connectivity index (χ0n) is 15.7. The minimum absolute atomic E-state index is 0.157. The Hall–Kier alpha value is -2.84. The van der Waals surface area contributed by atoms with E-state index >= 15 is 0 Å². The van der Waals surface area contributed by atoms with Crippen molar-refractivity contribution in [3.8, 4) is 0 Å². The molecule has 6 nitrogen and oxygen atoms in total. The van der Waals surface area contributed by atoms with Crippen LogP contribution in [0.25, 0.3) is 0 Å². The minimum atomic E-state index is -4.37. The Morgan fingerprint density at radius 2 is 1.96 bits per heavy atom. The molecule has 0 radical (unpaired) electrons. The van der Waals surface area contributed by atoms with Crippen LogP contribution in [0.4, 0.5) is 23.9 Å². The molecule has 1 aliphatic heterocycles. The lowest BCUT2D eigenvalue weighted by molar-refractivity contribution is -0.137. The van der Waals surface area contributed by atoms with Gasteiger partial charge in [0.25, 0.3) is 0 Å². The molecule has 0 atom stereocenters. The summed E-state index contributed by atoms with van der Waals surface area (Å²) < 4.78 is 37.8. The van der Waals surface area contributed by atoms with Crippen LogP contribution in [0.5, 0.6) is 0 Å². The lowest BCUT2D eigenvalue weighted by Gasteiger charge is -2.28. The normalized spacial score (nSPS) is 14.0. The van der Waals surface area contributed by atoms with Crippen LogP contribution in [0.3, 0.4) is 0 Å². The molecule has 9 heteroatoms. The van der Waals surface area contributed by atoms with Gasteiger partial charge in [-0.2, -0.15) is 13.2 Å². The van der Waals surface area contributed by atoms with Crippen molar-refractivity contribution in [3.05, 3.63) is 52.8 Å². The number of aromatic nitrogens is 2. The fraction of sp³-hybridized carbons (Fsp3) is 0.421. The predicted octanol–water partition coefficient (Wildman–Crippen LogP) is 3.58. The number of urea groups is 1. The number of rotatable bonds is 4. The number of alkyl halides is 3. The maximum atomic E-state index is 12.6. The number of nitrogens with zero attached hydrogens (tertiary/aromatic N) is 3. The van der Waals surface area contributed by atoms with E-state index < -0.39 is 11.7 Å². The van der Waals surface area contributed by atoms with Crippen LogP contribution in [0.2, 0.25) is 0 Å². The quantitative estimate of drug-likeness (QED) is 0.833. The zero-order chi connectivity index (χ0) is 20.3. The number of amides is 2. The van der Waals surface area contributed by atoms with E-state index in [0.29, 0.717) is 31.0 Å². The van der Waals surface area contributed by atoms with Crippen LogP contribution < -0.4 is 10.6 Å². The number of halogens is 3. The summed E-state index contributed by atoms with van der Waals surface area (Å²) in [4.78, 5) is 22.9. The molecule has 1 aromatic carbocycles. The Kier molecular flexibility index (Phi) is 5.71. The van der Waals surface area contributed by atoms with Gasteiger partial charge in [-0.3, -0.25) is 0 Å². The van der Waals surface area contributed by atoms with Crippen LogP contribution in [-0.2, 0) is 25.7 Å². The van der Waals surface area contributed by atoms with Crippen LogP contribution in [-0.4, -0.2) is 33.5 Å². The highest BCUT2D eigenvalue weighted by Gasteiger charge is 2.30. The molecule has 2 amide bonds. The van der Waals surface area contributed by atoms with Gasteiger partial charge >= 0.3 is 12.2 Å². The molecule has 1 aliphatic rings. The van der Waals surface area contributed by atoms with E-state index in [0.717, 1.165) is 23.4 Å². The second-order valence-electron chi connectivity index (χ2n) is 6.99. The number of nitrogens with one attached hydrogen (secondary N) is 2.